The molecule has 8 heteroatoms. The van der Waals surface area contributed by atoms with Crippen molar-refractivity contribution in [3.8, 4) is 11.5 Å². The van der Waals surface area contributed by atoms with Crippen LogP contribution in [0.2, 0.25) is 0 Å². The van der Waals surface area contributed by atoms with Crippen LogP contribution in [-0.2, 0) is 17.8 Å². The minimum absolute atomic E-state index is 0.197. The number of fused-ring (bicyclic) bond motifs is 1. The van der Waals surface area contributed by atoms with Gasteiger partial charge in [-0.1, -0.05) is 17.8 Å². The van der Waals surface area contributed by atoms with Crippen molar-refractivity contribution >= 4 is 17.7 Å². The highest BCUT2D eigenvalue weighted by atomic mass is 32.2. The van der Waals surface area contributed by atoms with Crippen molar-refractivity contribution in [2.45, 2.75) is 44.3 Å². The third kappa shape index (κ3) is 4.05. The van der Waals surface area contributed by atoms with E-state index in [0.717, 1.165) is 60.5 Å². The molecule has 0 unspecified atom stereocenters. The number of aromatic nitrogens is 3. The molecule has 0 bridgehead atoms. The molecule has 4 rings (SSSR count). The van der Waals surface area contributed by atoms with Crippen LogP contribution >= 0.6 is 11.8 Å². The topological polar surface area (TPSA) is 69.5 Å². The molecule has 1 amide bonds. The average molecular weight is 388 g/mol. The van der Waals surface area contributed by atoms with Gasteiger partial charge in [0.05, 0.1) is 5.75 Å². The molecule has 0 radical (unpaired) electrons. The monoisotopic (exact) mass is 388 g/mol. The summed E-state index contributed by atoms with van der Waals surface area (Å²) in [6, 6.07) is 5.94. The van der Waals surface area contributed by atoms with Gasteiger partial charge < -0.3 is 18.9 Å². The fourth-order valence-electron chi connectivity index (χ4n) is 3.47. The van der Waals surface area contributed by atoms with Gasteiger partial charge in [0, 0.05) is 26.1 Å². The number of likely N-dealkylation sites (tertiary alicyclic amines) is 1. The lowest BCUT2D eigenvalue weighted by Crippen LogP contribution is -2.36. The van der Waals surface area contributed by atoms with Gasteiger partial charge in [-0.2, -0.15) is 0 Å². The highest BCUT2D eigenvalue weighted by Gasteiger charge is 2.19. The maximum atomic E-state index is 12.4. The van der Waals surface area contributed by atoms with E-state index in [-0.39, 0.29) is 12.7 Å². The first-order valence-electron chi connectivity index (χ1n) is 9.46. The predicted molar refractivity (Wildman–Crippen MR) is 102 cm³/mol. The van der Waals surface area contributed by atoms with E-state index in [1.165, 1.54) is 18.2 Å². The van der Waals surface area contributed by atoms with E-state index < -0.39 is 0 Å². The second kappa shape index (κ2) is 8.21. The highest BCUT2D eigenvalue weighted by molar-refractivity contribution is 7.99. The normalized spacial score (nSPS) is 16.0. The SMILES string of the molecule is CCn1c(Cc2ccc3c(c2)OCO3)nnc1SCC(=O)N1CCCCC1. The molecule has 27 heavy (non-hydrogen) atoms. The molecule has 1 aromatic carbocycles. The van der Waals surface area contributed by atoms with E-state index in [0.29, 0.717) is 12.2 Å². The molecule has 144 valence electrons. The van der Waals surface area contributed by atoms with E-state index in [4.69, 9.17) is 9.47 Å². The maximum Gasteiger partial charge on any atom is 0.233 e. The van der Waals surface area contributed by atoms with Gasteiger partial charge in [-0.05, 0) is 43.9 Å². The van der Waals surface area contributed by atoms with Crippen molar-refractivity contribution < 1.29 is 14.3 Å². The Bertz CT molecular complexity index is 817. The molecule has 2 aliphatic heterocycles. The van der Waals surface area contributed by atoms with Gasteiger partial charge in [-0.15, -0.1) is 10.2 Å². The number of benzene rings is 1. The van der Waals surface area contributed by atoms with Gasteiger partial charge in [0.15, 0.2) is 16.7 Å². The van der Waals surface area contributed by atoms with Crippen LogP contribution in [0, 0.1) is 0 Å². The molecule has 2 aliphatic rings. The van der Waals surface area contributed by atoms with Crippen LogP contribution in [-0.4, -0.2) is 51.2 Å². The number of carbonyl (C=O) groups excluding carboxylic acids is 1. The molecular formula is C19H24N4O3S. The lowest BCUT2D eigenvalue weighted by Gasteiger charge is -2.26. The van der Waals surface area contributed by atoms with Crippen molar-refractivity contribution in [3.63, 3.8) is 0 Å². The Morgan fingerprint density at radius 1 is 1.15 bits per heavy atom. The lowest BCUT2D eigenvalue weighted by atomic mass is 10.1. The van der Waals surface area contributed by atoms with Gasteiger partial charge >= 0.3 is 0 Å². The average Bonchev–Trinajstić information content (AvgIpc) is 3.32. The molecular weight excluding hydrogens is 364 g/mol. The largest absolute Gasteiger partial charge is 0.454 e. The van der Waals surface area contributed by atoms with Crippen molar-refractivity contribution in [1.29, 1.82) is 0 Å². The summed E-state index contributed by atoms with van der Waals surface area (Å²) in [6.45, 7) is 4.89. The molecule has 0 atom stereocenters. The van der Waals surface area contributed by atoms with E-state index >= 15 is 0 Å². The van der Waals surface area contributed by atoms with Gasteiger partial charge in [0.1, 0.15) is 5.82 Å². The van der Waals surface area contributed by atoms with Crippen LogP contribution in [0.1, 0.15) is 37.6 Å². The Balaban J connectivity index is 1.41. The first kappa shape index (κ1) is 18.2. The smallest absolute Gasteiger partial charge is 0.233 e. The molecule has 2 aromatic rings. The van der Waals surface area contributed by atoms with Crippen molar-refractivity contribution in [2.24, 2.45) is 0 Å². The Morgan fingerprint density at radius 3 is 2.78 bits per heavy atom. The second-order valence-corrected chi connectivity index (χ2v) is 7.68. The van der Waals surface area contributed by atoms with E-state index in [1.54, 1.807) is 0 Å². The summed E-state index contributed by atoms with van der Waals surface area (Å²) in [6.07, 6.45) is 4.12. The molecule has 1 saturated heterocycles. The molecule has 0 N–H and O–H groups in total. The second-order valence-electron chi connectivity index (χ2n) is 6.74. The van der Waals surface area contributed by atoms with Crippen LogP contribution in [0.3, 0.4) is 0 Å². The standard InChI is InChI=1S/C19H24N4O3S/c1-2-23-17(11-14-6-7-15-16(10-14)26-13-25-15)20-21-19(23)27-12-18(24)22-8-4-3-5-9-22/h6-7,10H,2-5,8-9,11-13H2,1H3. The summed E-state index contributed by atoms with van der Waals surface area (Å²) in [4.78, 5) is 14.4. The molecule has 7 nitrogen and oxygen atoms in total. The number of hydrogen-bond acceptors (Lipinski definition) is 6. The van der Waals surface area contributed by atoms with Crippen LogP contribution in [0.5, 0.6) is 11.5 Å². The quantitative estimate of drug-likeness (QED) is 0.709. The molecule has 1 fully saturated rings. The Kier molecular flexibility index (Phi) is 5.52. The summed E-state index contributed by atoms with van der Waals surface area (Å²) in [7, 11) is 0. The Labute approximate surface area is 163 Å². The Morgan fingerprint density at radius 2 is 1.96 bits per heavy atom. The zero-order chi connectivity index (χ0) is 18.6. The minimum Gasteiger partial charge on any atom is -0.454 e. The van der Waals surface area contributed by atoms with Crippen LogP contribution < -0.4 is 9.47 Å². The van der Waals surface area contributed by atoms with E-state index in [9.17, 15) is 4.79 Å². The number of carbonyl (C=O) groups is 1. The van der Waals surface area contributed by atoms with Crippen LogP contribution in [0.25, 0.3) is 0 Å². The highest BCUT2D eigenvalue weighted by Crippen LogP contribution is 2.33. The van der Waals surface area contributed by atoms with Crippen LogP contribution in [0.4, 0.5) is 0 Å². The van der Waals surface area contributed by atoms with Gasteiger partial charge in [-0.3, -0.25) is 4.79 Å². The number of rotatable bonds is 6. The van der Waals surface area contributed by atoms with Gasteiger partial charge in [0.2, 0.25) is 12.7 Å². The van der Waals surface area contributed by atoms with Crippen LogP contribution in [0.15, 0.2) is 23.4 Å². The zero-order valence-electron chi connectivity index (χ0n) is 15.5. The number of nitrogens with zero attached hydrogens (tertiary/aromatic N) is 4. The fraction of sp³-hybridized carbons (Fsp3) is 0.526. The minimum atomic E-state index is 0.197. The summed E-state index contributed by atoms with van der Waals surface area (Å²) < 4.78 is 12.9. The number of hydrogen-bond donors (Lipinski definition) is 0. The molecule has 0 aliphatic carbocycles. The van der Waals surface area contributed by atoms with E-state index in [1.807, 2.05) is 23.1 Å². The molecule has 1 aromatic heterocycles. The number of amides is 1. The van der Waals surface area contributed by atoms with Crippen molar-refractivity contribution in [2.75, 3.05) is 25.6 Å². The summed E-state index contributed by atoms with van der Waals surface area (Å²) in [5.74, 6) is 3.06. The molecule has 0 saturated carbocycles. The van der Waals surface area contributed by atoms with Gasteiger partial charge in [-0.25, -0.2) is 0 Å². The Hall–Kier alpha value is -2.22. The zero-order valence-corrected chi connectivity index (χ0v) is 16.3. The third-order valence-electron chi connectivity index (χ3n) is 4.94. The maximum absolute atomic E-state index is 12.4. The number of thioether (sulfide) groups is 1. The predicted octanol–water partition coefficient (Wildman–Crippen LogP) is 2.72. The molecule has 0 spiro atoms. The summed E-state index contributed by atoms with van der Waals surface area (Å²) in [5.41, 5.74) is 1.10. The summed E-state index contributed by atoms with van der Waals surface area (Å²) in [5, 5.41) is 9.49. The van der Waals surface area contributed by atoms with Gasteiger partial charge in [0.25, 0.3) is 0 Å². The lowest BCUT2D eigenvalue weighted by molar-refractivity contribution is -0.129. The van der Waals surface area contributed by atoms with Crippen molar-refractivity contribution in [3.05, 3.63) is 29.6 Å². The first-order chi connectivity index (χ1) is 13.2. The molecule has 3 heterocycles. The third-order valence-corrected chi connectivity index (χ3v) is 5.89. The first-order valence-corrected chi connectivity index (χ1v) is 10.4. The number of ether oxygens (including phenoxy) is 2. The van der Waals surface area contributed by atoms with E-state index in [2.05, 4.69) is 21.7 Å². The summed E-state index contributed by atoms with van der Waals surface area (Å²) >= 11 is 1.48. The fourth-order valence-corrected chi connectivity index (χ4v) is 4.39. The number of piperidine rings is 1. The van der Waals surface area contributed by atoms with Crippen molar-refractivity contribution in [1.82, 2.24) is 19.7 Å².